The van der Waals surface area contributed by atoms with Crippen LogP contribution in [-0.2, 0) is 4.74 Å². The molecule has 0 spiro atoms. The van der Waals surface area contributed by atoms with Crippen LogP contribution in [0.5, 0.6) is 0 Å². The maximum atomic E-state index is 13.0. The maximum Gasteiger partial charge on any atom is 0.256 e. The molecule has 4 nitrogen and oxygen atoms in total. The number of hydrogen-bond donors (Lipinski definition) is 1. The van der Waals surface area contributed by atoms with E-state index in [-0.39, 0.29) is 5.91 Å². The second kappa shape index (κ2) is 8.45. The summed E-state index contributed by atoms with van der Waals surface area (Å²) in [5.74, 6) is 6.61. The SMILES string of the molecule is Cc1ccc(C#Cc2ccccc2C(=O)Nc2ccccc2C2=NCCO2)cc1. The number of amides is 1. The lowest BCUT2D eigenvalue weighted by Crippen LogP contribution is -2.16. The third-order valence-corrected chi connectivity index (χ3v) is 4.56. The van der Waals surface area contributed by atoms with Gasteiger partial charge in [-0.1, -0.05) is 53.8 Å². The van der Waals surface area contributed by atoms with Gasteiger partial charge in [0.2, 0.25) is 5.90 Å². The standard InChI is InChI=1S/C25H20N2O2/c1-18-10-12-19(13-11-18)14-15-20-6-2-3-7-21(20)24(28)27-23-9-5-4-8-22(23)25-26-16-17-29-25/h2-13H,16-17H2,1H3,(H,27,28). The van der Waals surface area contributed by atoms with E-state index in [2.05, 4.69) is 22.2 Å². The van der Waals surface area contributed by atoms with Crippen LogP contribution >= 0.6 is 0 Å². The van der Waals surface area contributed by atoms with Crippen molar-refractivity contribution in [2.24, 2.45) is 4.99 Å². The Balaban J connectivity index is 1.60. The van der Waals surface area contributed by atoms with Crippen LogP contribution in [0, 0.1) is 18.8 Å². The Hall–Kier alpha value is -3.84. The first-order valence-electron chi connectivity index (χ1n) is 9.46. The lowest BCUT2D eigenvalue weighted by atomic mass is 10.1. The molecule has 1 amide bonds. The topological polar surface area (TPSA) is 50.7 Å². The minimum absolute atomic E-state index is 0.218. The monoisotopic (exact) mass is 380 g/mol. The van der Waals surface area contributed by atoms with Crippen LogP contribution in [0.4, 0.5) is 5.69 Å². The van der Waals surface area contributed by atoms with E-state index in [1.807, 2.05) is 73.7 Å². The van der Waals surface area contributed by atoms with Gasteiger partial charge in [-0.15, -0.1) is 0 Å². The summed E-state index contributed by atoms with van der Waals surface area (Å²) in [6.07, 6.45) is 0. The molecule has 1 aliphatic rings. The zero-order valence-electron chi connectivity index (χ0n) is 16.1. The number of aliphatic imine (C=N–C) groups is 1. The van der Waals surface area contributed by atoms with Crippen LogP contribution in [0.3, 0.4) is 0 Å². The Bertz CT molecular complexity index is 1140. The lowest BCUT2D eigenvalue weighted by Gasteiger charge is -2.11. The fourth-order valence-electron chi connectivity index (χ4n) is 3.03. The van der Waals surface area contributed by atoms with Gasteiger partial charge in [-0.05, 0) is 43.3 Å². The Labute approximate surface area is 170 Å². The van der Waals surface area contributed by atoms with E-state index in [0.717, 1.165) is 11.1 Å². The molecular weight excluding hydrogens is 360 g/mol. The highest BCUT2D eigenvalue weighted by molar-refractivity contribution is 6.10. The molecule has 0 radical (unpaired) electrons. The molecule has 0 atom stereocenters. The van der Waals surface area contributed by atoms with Gasteiger partial charge >= 0.3 is 0 Å². The molecule has 3 aromatic carbocycles. The quantitative estimate of drug-likeness (QED) is 0.684. The summed E-state index contributed by atoms with van der Waals surface area (Å²) < 4.78 is 5.56. The van der Waals surface area contributed by atoms with Gasteiger partial charge in [-0.2, -0.15) is 0 Å². The molecule has 142 valence electrons. The number of nitrogens with one attached hydrogen (secondary N) is 1. The normalized spacial score (nSPS) is 12.4. The number of carbonyl (C=O) groups is 1. The van der Waals surface area contributed by atoms with Crippen molar-refractivity contribution in [1.29, 1.82) is 0 Å². The predicted octanol–water partition coefficient (Wildman–Crippen LogP) is 4.42. The van der Waals surface area contributed by atoms with Gasteiger partial charge in [0.15, 0.2) is 0 Å². The highest BCUT2D eigenvalue weighted by Gasteiger charge is 2.17. The molecular formula is C25H20N2O2. The molecule has 0 saturated heterocycles. The molecule has 0 saturated carbocycles. The Morgan fingerprint density at radius 2 is 1.72 bits per heavy atom. The van der Waals surface area contributed by atoms with Crippen LogP contribution in [0.15, 0.2) is 77.8 Å². The summed E-state index contributed by atoms with van der Waals surface area (Å²) in [7, 11) is 0. The minimum Gasteiger partial charge on any atom is -0.475 e. The zero-order chi connectivity index (χ0) is 20.1. The molecule has 29 heavy (non-hydrogen) atoms. The Morgan fingerprint density at radius 3 is 2.52 bits per heavy atom. The smallest absolute Gasteiger partial charge is 0.256 e. The molecule has 0 bridgehead atoms. The van der Waals surface area contributed by atoms with Gasteiger partial charge < -0.3 is 10.1 Å². The lowest BCUT2D eigenvalue weighted by molar-refractivity contribution is 0.102. The van der Waals surface area contributed by atoms with Crippen molar-refractivity contribution in [3.05, 3.63) is 101 Å². The highest BCUT2D eigenvalue weighted by Crippen LogP contribution is 2.20. The number of anilines is 1. The largest absolute Gasteiger partial charge is 0.475 e. The van der Waals surface area contributed by atoms with Crippen LogP contribution in [0.1, 0.15) is 32.6 Å². The van der Waals surface area contributed by atoms with Crippen molar-refractivity contribution < 1.29 is 9.53 Å². The summed E-state index contributed by atoms with van der Waals surface area (Å²) in [5.41, 5.74) is 4.74. The van der Waals surface area contributed by atoms with Gasteiger partial charge in [0, 0.05) is 11.1 Å². The number of benzene rings is 3. The second-order valence-electron chi connectivity index (χ2n) is 6.70. The molecule has 0 aliphatic carbocycles. The molecule has 0 unspecified atom stereocenters. The first-order chi connectivity index (χ1) is 14.2. The summed E-state index contributed by atoms with van der Waals surface area (Å²) >= 11 is 0. The number of aryl methyl sites for hydroxylation is 1. The van der Waals surface area contributed by atoms with E-state index in [1.165, 1.54) is 5.56 Å². The van der Waals surface area contributed by atoms with Gasteiger partial charge in [0.05, 0.1) is 23.4 Å². The molecule has 0 aromatic heterocycles. The predicted molar refractivity (Wildman–Crippen MR) is 115 cm³/mol. The van der Waals surface area contributed by atoms with Crippen LogP contribution in [0.2, 0.25) is 0 Å². The fourth-order valence-corrected chi connectivity index (χ4v) is 3.03. The van der Waals surface area contributed by atoms with Crippen molar-refractivity contribution in [3.8, 4) is 11.8 Å². The number of ether oxygens (including phenoxy) is 1. The van der Waals surface area contributed by atoms with E-state index in [4.69, 9.17) is 4.74 Å². The Kier molecular flexibility index (Phi) is 5.40. The van der Waals surface area contributed by atoms with Crippen molar-refractivity contribution in [1.82, 2.24) is 0 Å². The third kappa shape index (κ3) is 4.36. The molecule has 1 heterocycles. The van der Waals surface area contributed by atoms with E-state index < -0.39 is 0 Å². The molecule has 1 aliphatic heterocycles. The maximum absolute atomic E-state index is 13.0. The highest BCUT2D eigenvalue weighted by atomic mass is 16.5. The average Bonchev–Trinajstić information content (AvgIpc) is 3.29. The molecule has 4 rings (SSSR count). The summed E-state index contributed by atoms with van der Waals surface area (Å²) in [4.78, 5) is 17.4. The first kappa shape index (κ1) is 18.5. The number of para-hydroxylation sites is 1. The average molecular weight is 380 g/mol. The fraction of sp³-hybridized carbons (Fsp3) is 0.120. The number of nitrogens with zero attached hydrogens (tertiary/aromatic N) is 1. The van der Waals surface area contributed by atoms with Crippen molar-refractivity contribution in [2.75, 3.05) is 18.5 Å². The third-order valence-electron chi connectivity index (χ3n) is 4.56. The van der Waals surface area contributed by atoms with E-state index in [1.54, 1.807) is 6.07 Å². The summed E-state index contributed by atoms with van der Waals surface area (Å²) in [5, 5.41) is 2.98. The van der Waals surface area contributed by atoms with Gasteiger partial charge in [0.25, 0.3) is 5.91 Å². The number of rotatable bonds is 3. The van der Waals surface area contributed by atoms with Gasteiger partial charge in [0.1, 0.15) is 6.61 Å². The Morgan fingerprint density at radius 1 is 0.966 bits per heavy atom. The van der Waals surface area contributed by atoms with Crippen LogP contribution in [0.25, 0.3) is 0 Å². The van der Waals surface area contributed by atoms with Gasteiger partial charge in [-0.25, -0.2) is 4.99 Å². The van der Waals surface area contributed by atoms with Crippen molar-refractivity contribution >= 4 is 17.5 Å². The molecule has 3 aromatic rings. The molecule has 0 fully saturated rings. The van der Waals surface area contributed by atoms with Crippen LogP contribution in [-0.4, -0.2) is 25.0 Å². The molecule has 1 N–H and O–H groups in total. The van der Waals surface area contributed by atoms with Crippen LogP contribution < -0.4 is 5.32 Å². The summed E-state index contributed by atoms with van der Waals surface area (Å²) in [6.45, 7) is 3.24. The van der Waals surface area contributed by atoms with E-state index >= 15 is 0 Å². The first-order valence-corrected chi connectivity index (χ1v) is 9.46. The van der Waals surface area contributed by atoms with E-state index in [9.17, 15) is 4.79 Å². The van der Waals surface area contributed by atoms with Crippen molar-refractivity contribution in [2.45, 2.75) is 6.92 Å². The number of carbonyl (C=O) groups excluding carboxylic acids is 1. The minimum atomic E-state index is -0.218. The van der Waals surface area contributed by atoms with E-state index in [0.29, 0.717) is 35.9 Å². The summed E-state index contributed by atoms with van der Waals surface area (Å²) in [6, 6.07) is 22.8. The second-order valence-corrected chi connectivity index (χ2v) is 6.70. The zero-order valence-corrected chi connectivity index (χ0v) is 16.1. The number of hydrogen-bond acceptors (Lipinski definition) is 3. The van der Waals surface area contributed by atoms with Crippen molar-refractivity contribution in [3.63, 3.8) is 0 Å². The molecule has 4 heteroatoms. The van der Waals surface area contributed by atoms with Gasteiger partial charge in [-0.3, -0.25) is 4.79 Å².